The summed E-state index contributed by atoms with van der Waals surface area (Å²) in [5.41, 5.74) is 0.331. The highest BCUT2D eigenvalue weighted by atomic mass is 19.1. The summed E-state index contributed by atoms with van der Waals surface area (Å²) in [7, 11) is 0. The van der Waals surface area contributed by atoms with Crippen LogP contribution in [0.2, 0.25) is 0 Å². The van der Waals surface area contributed by atoms with Gasteiger partial charge >= 0.3 is 0 Å². The highest BCUT2D eigenvalue weighted by Crippen LogP contribution is 2.28. The van der Waals surface area contributed by atoms with E-state index in [4.69, 9.17) is 4.52 Å². The van der Waals surface area contributed by atoms with Crippen LogP contribution in [0.3, 0.4) is 0 Å². The summed E-state index contributed by atoms with van der Waals surface area (Å²) in [5.74, 6) is 0.479. The molecule has 0 N–H and O–H groups in total. The molecule has 0 spiro atoms. The van der Waals surface area contributed by atoms with Crippen molar-refractivity contribution < 1.29 is 13.7 Å². The fourth-order valence-corrected chi connectivity index (χ4v) is 2.51. The monoisotopic (exact) mass is 325 g/mol. The average molecular weight is 325 g/mol. The largest absolute Gasteiger partial charge is 0.338 e. The van der Waals surface area contributed by atoms with E-state index in [9.17, 15) is 9.18 Å². The number of nitrogens with zero attached hydrogens (tertiary/aromatic N) is 5. The van der Waals surface area contributed by atoms with E-state index in [1.807, 2.05) is 0 Å². The molecule has 0 aliphatic carbocycles. The van der Waals surface area contributed by atoms with Crippen LogP contribution in [0.4, 0.5) is 4.39 Å². The van der Waals surface area contributed by atoms with E-state index in [-0.39, 0.29) is 11.8 Å². The molecular formula is C16H12FN5O2. The van der Waals surface area contributed by atoms with Crippen molar-refractivity contribution in [1.29, 1.82) is 0 Å². The molecule has 1 amide bonds. The average Bonchev–Trinajstić information content (AvgIpc) is 3.04. The number of halogens is 1. The lowest BCUT2D eigenvalue weighted by atomic mass is 9.99. The first-order chi connectivity index (χ1) is 11.7. The van der Waals surface area contributed by atoms with Crippen molar-refractivity contribution in [3.63, 3.8) is 0 Å². The molecule has 1 saturated heterocycles. The van der Waals surface area contributed by atoms with Gasteiger partial charge in [0.05, 0.1) is 5.92 Å². The molecule has 3 aromatic rings. The van der Waals surface area contributed by atoms with Crippen LogP contribution < -0.4 is 0 Å². The van der Waals surface area contributed by atoms with Crippen molar-refractivity contribution in [1.82, 2.24) is 25.0 Å². The Bertz CT molecular complexity index is 877. The van der Waals surface area contributed by atoms with Crippen LogP contribution >= 0.6 is 0 Å². The van der Waals surface area contributed by atoms with Gasteiger partial charge in [-0.3, -0.25) is 4.79 Å². The molecule has 24 heavy (non-hydrogen) atoms. The number of hydrogen-bond acceptors (Lipinski definition) is 6. The van der Waals surface area contributed by atoms with Crippen molar-refractivity contribution in [3.05, 3.63) is 60.0 Å². The minimum absolute atomic E-state index is 0.0347. The maximum atomic E-state index is 13.2. The molecule has 7 nitrogen and oxygen atoms in total. The first-order valence-electron chi connectivity index (χ1n) is 7.36. The van der Waals surface area contributed by atoms with Gasteiger partial charge in [0.2, 0.25) is 17.5 Å². The summed E-state index contributed by atoms with van der Waals surface area (Å²) in [5, 5.41) is 3.86. The highest BCUT2D eigenvalue weighted by Gasteiger charge is 2.36. The van der Waals surface area contributed by atoms with Gasteiger partial charge in [0.1, 0.15) is 5.82 Å². The zero-order chi connectivity index (χ0) is 16.5. The number of benzene rings is 1. The predicted molar refractivity (Wildman–Crippen MR) is 80.4 cm³/mol. The molecule has 0 radical (unpaired) electrons. The van der Waals surface area contributed by atoms with Crippen LogP contribution in [0.5, 0.6) is 0 Å². The molecule has 120 valence electrons. The van der Waals surface area contributed by atoms with Gasteiger partial charge in [0.25, 0.3) is 5.91 Å². The van der Waals surface area contributed by atoms with Crippen LogP contribution in [-0.2, 0) is 0 Å². The van der Waals surface area contributed by atoms with Crippen LogP contribution in [0, 0.1) is 5.82 Å². The number of rotatable bonds is 3. The van der Waals surface area contributed by atoms with Gasteiger partial charge in [0, 0.05) is 31.0 Å². The second kappa shape index (κ2) is 5.80. The zero-order valence-corrected chi connectivity index (χ0v) is 12.5. The Morgan fingerprint density at radius 1 is 1.17 bits per heavy atom. The molecule has 0 atom stereocenters. The molecule has 3 heterocycles. The van der Waals surface area contributed by atoms with Crippen LogP contribution in [-0.4, -0.2) is 44.0 Å². The van der Waals surface area contributed by atoms with Crippen molar-refractivity contribution in [2.75, 3.05) is 13.1 Å². The Morgan fingerprint density at radius 2 is 1.96 bits per heavy atom. The third-order valence-electron chi connectivity index (χ3n) is 3.80. The maximum absolute atomic E-state index is 13.2. The Kier molecular flexibility index (Phi) is 3.49. The van der Waals surface area contributed by atoms with Gasteiger partial charge in [-0.25, -0.2) is 14.4 Å². The number of likely N-dealkylation sites (tertiary alicyclic amines) is 1. The molecule has 1 aliphatic rings. The summed E-state index contributed by atoms with van der Waals surface area (Å²) in [6.45, 7) is 0.902. The number of amides is 1. The molecule has 8 heteroatoms. The van der Waals surface area contributed by atoms with E-state index in [1.165, 1.54) is 18.2 Å². The molecule has 1 aliphatic heterocycles. The lowest BCUT2D eigenvalue weighted by Crippen LogP contribution is -2.48. The highest BCUT2D eigenvalue weighted by molar-refractivity contribution is 5.94. The first kappa shape index (κ1) is 14.4. The molecule has 0 bridgehead atoms. The third-order valence-corrected chi connectivity index (χ3v) is 3.80. The van der Waals surface area contributed by atoms with Crippen molar-refractivity contribution in [3.8, 4) is 11.6 Å². The van der Waals surface area contributed by atoms with E-state index in [0.717, 1.165) is 0 Å². The summed E-state index contributed by atoms with van der Waals surface area (Å²) >= 11 is 0. The van der Waals surface area contributed by atoms with Gasteiger partial charge in [-0.05, 0) is 24.3 Å². The quantitative estimate of drug-likeness (QED) is 0.731. The minimum atomic E-state index is -0.428. The van der Waals surface area contributed by atoms with Gasteiger partial charge < -0.3 is 9.42 Å². The lowest BCUT2D eigenvalue weighted by molar-refractivity contribution is 0.0568. The standard InChI is InChI=1S/C16H12FN5O2/c17-12-4-1-3-10(7-12)16(23)22-8-11(9-22)15-20-14(21-24-15)13-18-5-2-6-19-13/h1-7,11H,8-9H2. The van der Waals surface area contributed by atoms with Crippen molar-refractivity contribution in [2.45, 2.75) is 5.92 Å². The maximum Gasteiger partial charge on any atom is 0.254 e. The van der Waals surface area contributed by atoms with Gasteiger partial charge in [-0.15, -0.1) is 0 Å². The second-order valence-corrected chi connectivity index (χ2v) is 5.45. The molecule has 0 saturated carbocycles. The summed E-state index contributed by atoms with van der Waals surface area (Å²) < 4.78 is 18.4. The van der Waals surface area contributed by atoms with E-state index < -0.39 is 5.82 Å². The number of carbonyl (C=O) groups is 1. The van der Waals surface area contributed by atoms with Gasteiger partial charge in [-0.1, -0.05) is 11.2 Å². The normalized spacial score (nSPS) is 14.5. The molecule has 0 unspecified atom stereocenters. The fourth-order valence-electron chi connectivity index (χ4n) is 2.51. The predicted octanol–water partition coefficient (Wildman–Crippen LogP) is 1.91. The van der Waals surface area contributed by atoms with Gasteiger partial charge in [0.15, 0.2) is 0 Å². The van der Waals surface area contributed by atoms with Crippen LogP contribution in [0.25, 0.3) is 11.6 Å². The third kappa shape index (κ3) is 2.62. The zero-order valence-electron chi connectivity index (χ0n) is 12.5. The van der Waals surface area contributed by atoms with E-state index in [2.05, 4.69) is 20.1 Å². The van der Waals surface area contributed by atoms with Crippen LogP contribution in [0.1, 0.15) is 22.2 Å². The Balaban J connectivity index is 1.43. The molecular weight excluding hydrogens is 313 g/mol. The summed E-state index contributed by atoms with van der Waals surface area (Å²) in [6, 6.07) is 7.35. The number of aromatic nitrogens is 4. The topological polar surface area (TPSA) is 85.0 Å². The van der Waals surface area contributed by atoms with Gasteiger partial charge in [-0.2, -0.15) is 4.98 Å². The first-order valence-corrected chi connectivity index (χ1v) is 7.36. The SMILES string of the molecule is O=C(c1cccc(F)c1)N1CC(c2nc(-c3ncccn3)no2)C1. The smallest absolute Gasteiger partial charge is 0.254 e. The van der Waals surface area contributed by atoms with E-state index in [1.54, 1.807) is 29.4 Å². The fraction of sp³-hybridized carbons (Fsp3) is 0.188. The van der Waals surface area contributed by atoms with Crippen LogP contribution in [0.15, 0.2) is 47.2 Å². The molecule has 1 fully saturated rings. The Labute approximate surface area is 136 Å². The Morgan fingerprint density at radius 3 is 2.71 bits per heavy atom. The molecule has 1 aromatic carbocycles. The second-order valence-electron chi connectivity index (χ2n) is 5.45. The number of carbonyl (C=O) groups excluding carboxylic acids is 1. The van der Waals surface area contributed by atoms with Crippen molar-refractivity contribution >= 4 is 5.91 Å². The summed E-state index contributed by atoms with van der Waals surface area (Å²) in [4.78, 5) is 26.3. The number of hydrogen-bond donors (Lipinski definition) is 0. The minimum Gasteiger partial charge on any atom is -0.338 e. The lowest BCUT2D eigenvalue weighted by Gasteiger charge is -2.37. The van der Waals surface area contributed by atoms with E-state index in [0.29, 0.717) is 36.2 Å². The molecule has 2 aromatic heterocycles. The molecule has 4 rings (SSSR count). The summed E-state index contributed by atoms with van der Waals surface area (Å²) in [6.07, 6.45) is 3.20. The van der Waals surface area contributed by atoms with Crippen molar-refractivity contribution in [2.24, 2.45) is 0 Å². The Hall–Kier alpha value is -3.16. The van der Waals surface area contributed by atoms with E-state index >= 15 is 0 Å².